The van der Waals surface area contributed by atoms with Crippen molar-refractivity contribution in [2.24, 2.45) is 5.73 Å². The fraction of sp³-hybridized carbons (Fsp3) is 0.200. The van der Waals surface area contributed by atoms with Crippen molar-refractivity contribution in [2.75, 3.05) is 0 Å². The molecule has 2 rings (SSSR count). The summed E-state index contributed by atoms with van der Waals surface area (Å²) in [5.74, 6) is -1.42. The lowest BCUT2D eigenvalue weighted by Gasteiger charge is -2.18. The maximum absolute atomic E-state index is 11.6. The highest BCUT2D eigenvalue weighted by Crippen LogP contribution is 2.33. The Kier molecular flexibility index (Phi) is 3.25. The highest BCUT2D eigenvalue weighted by molar-refractivity contribution is 6.18. The van der Waals surface area contributed by atoms with E-state index in [0.717, 1.165) is 5.56 Å². The molecule has 0 radical (unpaired) electrons. The van der Waals surface area contributed by atoms with Crippen molar-refractivity contribution < 1.29 is 14.3 Å². The number of cyclic esters (lactones) is 1. The van der Waals surface area contributed by atoms with E-state index in [9.17, 15) is 9.59 Å². The standard InChI is InChI=1S/C15H15NO3/c1-15(2)11(12(13(16)17)14(18)19-15)9-8-10-6-4-3-5-7-10/h3-9H,1-2H3,(H2,16,17)/b9-8+. The van der Waals surface area contributed by atoms with E-state index in [-0.39, 0.29) is 5.57 Å². The molecule has 2 N–H and O–H groups in total. The van der Waals surface area contributed by atoms with Gasteiger partial charge in [0.2, 0.25) is 0 Å². The number of hydrogen-bond acceptors (Lipinski definition) is 3. The monoisotopic (exact) mass is 257 g/mol. The van der Waals surface area contributed by atoms with Crippen LogP contribution in [0.15, 0.2) is 47.6 Å². The van der Waals surface area contributed by atoms with E-state index in [1.807, 2.05) is 36.4 Å². The van der Waals surface area contributed by atoms with E-state index in [4.69, 9.17) is 10.5 Å². The molecule has 0 saturated carbocycles. The Balaban J connectivity index is 2.42. The van der Waals surface area contributed by atoms with Gasteiger partial charge in [0.1, 0.15) is 11.2 Å². The Morgan fingerprint density at radius 1 is 1.21 bits per heavy atom. The number of amides is 1. The van der Waals surface area contributed by atoms with E-state index < -0.39 is 17.5 Å². The lowest BCUT2D eigenvalue weighted by Crippen LogP contribution is -2.22. The molecule has 4 nitrogen and oxygen atoms in total. The SMILES string of the molecule is CC1(C)OC(=O)C(C(N)=O)=C1/C=C/c1ccccc1. The van der Waals surface area contributed by atoms with Gasteiger partial charge in [0.05, 0.1) is 0 Å². The van der Waals surface area contributed by atoms with Crippen LogP contribution in [0.25, 0.3) is 6.08 Å². The molecule has 0 fully saturated rings. The minimum absolute atomic E-state index is 0.0721. The summed E-state index contributed by atoms with van der Waals surface area (Å²) < 4.78 is 5.16. The quantitative estimate of drug-likeness (QED) is 0.663. The van der Waals surface area contributed by atoms with Crippen LogP contribution in [0.4, 0.5) is 0 Å². The first-order chi connectivity index (χ1) is 8.92. The summed E-state index contributed by atoms with van der Waals surface area (Å²) in [6.07, 6.45) is 3.53. The number of carbonyl (C=O) groups excluding carboxylic acids is 2. The summed E-state index contributed by atoms with van der Waals surface area (Å²) in [6.45, 7) is 3.46. The lowest BCUT2D eigenvalue weighted by atomic mass is 9.94. The minimum Gasteiger partial charge on any atom is -0.451 e. The number of nitrogens with two attached hydrogens (primary N) is 1. The average molecular weight is 257 g/mol. The first-order valence-electron chi connectivity index (χ1n) is 5.93. The van der Waals surface area contributed by atoms with Gasteiger partial charge in [-0.15, -0.1) is 0 Å². The smallest absolute Gasteiger partial charge is 0.345 e. The molecule has 1 aromatic rings. The fourth-order valence-corrected chi connectivity index (χ4v) is 2.01. The van der Waals surface area contributed by atoms with Crippen LogP contribution in [0, 0.1) is 0 Å². The highest BCUT2D eigenvalue weighted by Gasteiger charge is 2.41. The third-order valence-electron chi connectivity index (χ3n) is 2.96. The first kappa shape index (κ1) is 13.1. The molecule has 4 heteroatoms. The van der Waals surface area contributed by atoms with Gasteiger partial charge in [0.25, 0.3) is 5.91 Å². The van der Waals surface area contributed by atoms with Gasteiger partial charge in [-0.2, -0.15) is 0 Å². The predicted molar refractivity (Wildman–Crippen MR) is 71.9 cm³/mol. The Hall–Kier alpha value is -2.36. The van der Waals surface area contributed by atoms with Crippen molar-refractivity contribution in [3.8, 4) is 0 Å². The lowest BCUT2D eigenvalue weighted by molar-refractivity contribution is -0.145. The summed E-state index contributed by atoms with van der Waals surface area (Å²) >= 11 is 0. The molecule has 98 valence electrons. The first-order valence-corrected chi connectivity index (χ1v) is 5.93. The number of carbonyl (C=O) groups is 2. The van der Waals surface area contributed by atoms with Crippen LogP contribution < -0.4 is 5.73 Å². The predicted octanol–water partition coefficient (Wildman–Crippen LogP) is 1.82. The largest absolute Gasteiger partial charge is 0.451 e. The molecule has 0 spiro atoms. The summed E-state index contributed by atoms with van der Waals surface area (Å²) in [5.41, 5.74) is 5.80. The zero-order chi connectivity index (χ0) is 14.0. The van der Waals surface area contributed by atoms with Gasteiger partial charge in [-0.25, -0.2) is 4.79 Å². The normalized spacial score (nSPS) is 17.9. The molecule has 19 heavy (non-hydrogen) atoms. The second kappa shape index (κ2) is 4.72. The third kappa shape index (κ3) is 2.57. The van der Waals surface area contributed by atoms with Crippen molar-refractivity contribution in [3.05, 3.63) is 53.1 Å². The molecule has 0 aromatic heterocycles. The number of esters is 1. The number of rotatable bonds is 3. The third-order valence-corrected chi connectivity index (χ3v) is 2.96. The Morgan fingerprint density at radius 3 is 2.42 bits per heavy atom. The van der Waals surface area contributed by atoms with E-state index in [1.54, 1.807) is 19.9 Å². The van der Waals surface area contributed by atoms with Crippen LogP contribution in [0.1, 0.15) is 19.4 Å². The molecule has 0 unspecified atom stereocenters. The second-order valence-corrected chi connectivity index (χ2v) is 4.80. The molecule has 1 heterocycles. The van der Waals surface area contributed by atoms with Gasteiger partial charge in [-0.3, -0.25) is 4.79 Å². The van der Waals surface area contributed by atoms with Crippen LogP contribution >= 0.6 is 0 Å². The average Bonchev–Trinajstić information content (AvgIpc) is 2.57. The topological polar surface area (TPSA) is 69.4 Å². The Morgan fingerprint density at radius 2 is 1.84 bits per heavy atom. The molecular formula is C15H15NO3. The number of benzene rings is 1. The van der Waals surface area contributed by atoms with Crippen LogP contribution in [-0.2, 0) is 14.3 Å². The van der Waals surface area contributed by atoms with Crippen LogP contribution in [0.5, 0.6) is 0 Å². The van der Waals surface area contributed by atoms with Gasteiger partial charge in [-0.1, -0.05) is 42.5 Å². The van der Waals surface area contributed by atoms with E-state index in [0.29, 0.717) is 5.57 Å². The molecule has 1 aliphatic rings. The van der Waals surface area contributed by atoms with Crippen molar-refractivity contribution in [3.63, 3.8) is 0 Å². The number of hydrogen-bond donors (Lipinski definition) is 1. The zero-order valence-corrected chi connectivity index (χ0v) is 10.8. The van der Waals surface area contributed by atoms with Crippen LogP contribution in [-0.4, -0.2) is 17.5 Å². The molecule has 0 bridgehead atoms. The molecular weight excluding hydrogens is 242 g/mol. The Labute approximate surface area is 111 Å². The van der Waals surface area contributed by atoms with Crippen molar-refractivity contribution >= 4 is 18.0 Å². The maximum Gasteiger partial charge on any atom is 0.345 e. The fourth-order valence-electron chi connectivity index (χ4n) is 2.01. The van der Waals surface area contributed by atoms with Gasteiger partial charge < -0.3 is 10.5 Å². The maximum atomic E-state index is 11.6. The van der Waals surface area contributed by atoms with E-state index in [1.165, 1.54) is 0 Å². The van der Waals surface area contributed by atoms with Crippen molar-refractivity contribution in [1.29, 1.82) is 0 Å². The molecule has 1 aliphatic heterocycles. The number of primary amides is 1. The van der Waals surface area contributed by atoms with Gasteiger partial charge >= 0.3 is 5.97 Å². The molecule has 0 saturated heterocycles. The van der Waals surface area contributed by atoms with Crippen molar-refractivity contribution in [2.45, 2.75) is 19.4 Å². The van der Waals surface area contributed by atoms with Gasteiger partial charge in [-0.05, 0) is 19.4 Å². The van der Waals surface area contributed by atoms with E-state index in [2.05, 4.69) is 0 Å². The summed E-state index contributed by atoms with van der Waals surface area (Å²) in [4.78, 5) is 23.0. The summed E-state index contributed by atoms with van der Waals surface area (Å²) in [6, 6.07) is 9.57. The summed E-state index contributed by atoms with van der Waals surface area (Å²) in [7, 11) is 0. The van der Waals surface area contributed by atoms with Crippen LogP contribution in [0.3, 0.4) is 0 Å². The zero-order valence-electron chi connectivity index (χ0n) is 10.8. The van der Waals surface area contributed by atoms with Gasteiger partial charge in [0, 0.05) is 5.57 Å². The van der Waals surface area contributed by atoms with Gasteiger partial charge in [0.15, 0.2) is 0 Å². The minimum atomic E-state index is -0.841. The molecule has 1 amide bonds. The molecule has 1 aromatic carbocycles. The second-order valence-electron chi connectivity index (χ2n) is 4.80. The van der Waals surface area contributed by atoms with Crippen molar-refractivity contribution in [1.82, 2.24) is 0 Å². The van der Waals surface area contributed by atoms with E-state index >= 15 is 0 Å². The Bertz CT molecular complexity index is 583. The highest BCUT2D eigenvalue weighted by atomic mass is 16.6. The number of ether oxygens (including phenoxy) is 1. The van der Waals surface area contributed by atoms with Crippen LogP contribution in [0.2, 0.25) is 0 Å². The molecule has 0 aliphatic carbocycles. The molecule has 0 atom stereocenters. The summed E-state index contributed by atoms with van der Waals surface area (Å²) in [5, 5.41) is 0.